The normalized spacial score (nSPS) is 11.5. The first kappa shape index (κ1) is 16.4. The lowest BCUT2D eigenvalue weighted by Crippen LogP contribution is -2.15. The van der Waals surface area contributed by atoms with Crippen LogP contribution >= 0.6 is 31.9 Å². The molecule has 8 heteroatoms. The summed E-state index contributed by atoms with van der Waals surface area (Å²) in [5.41, 5.74) is 0.386. The minimum absolute atomic E-state index is 0.0800. The zero-order valence-corrected chi connectivity index (χ0v) is 14.6. The number of sulfonamides is 1. The Morgan fingerprint density at radius 1 is 1.05 bits per heavy atom. The summed E-state index contributed by atoms with van der Waals surface area (Å²) in [6.45, 7) is 1.80. The van der Waals surface area contributed by atoms with Crippen molar-refractivity contribution in [2.75, 3.05) is 4.72 Å². The van der Waals surface area contributed by atoms with Crippen molar-refractivity contribution in [1.82, 2.24) is 0 Å². The molecule has 2 aromatic carbocycles. The molecular formula is C13H9Br2F2NO2S. The van der Waals surface area contributed by atoms with Gasteiger partial charge in [-0.2, -0.15) is 0 Å². The first-order chi connectivity index (χ1) is 9.70. The van der Waals surface area contributed by atoms with Gasteiger partial charge < -0.3 is 0 Å². The highest BCUT2D eigenvalue weighted by Crippen LogP contribution is 2.30. The number of nitrogens with one attached hydrogen (secondary N) is 1. The third-order valence-corrected chi connectivity index (χ3v) is 5.85. The van der Waals surface area contributed by atoms with Crippen LogP contribution in [0.15, 0.2) is 44.2 Å². The van der Waals surface area contributed by atoms with E-state index in [0.29, 0.717) is 8.95 Å². The first-order valence-electron chi connectivity index (χ1n) is 5.64. The molecule has 0 aliphatic heterocycles. The molecule has 3 nitrogen and oxygen atoms in total. The molecule has 1 N–H and O–H groups in total. The Morgan fingerprint density at radius 2 is 1.71 bits per heavy atom. The van der Waals surface area contributed by atoms with Crippen molar-refractivity contribution in [3.8, 4) is 0 Å². The van der Waals surface area contributed by atoms with Gasteiger partial charge in [-0.1, -0.05) is 15.9 Å². The maximum absolute atomic E-state index is 13.5. The van der Waals surface area contributed by atoms with E-state index in [2.05, 4.69) is 31.9 Å². The summed E-state index contributed by atoms with van der Waals surface area (Å²) in [5, 5.41) is 0. The molecule has 0 aliphatic rings. The van der Waals surface area contributed by atoms with Crippen molar-refractivity contribution in [2.45, 2.75) is 11.8 Å². The van der Waals surface area contributed by atoms with Crippen LogP contribution in [0.25, 0.3) is 0 Å². The average molecular weight is 441 g/mol. The van der Waals surface area contributed by atoms with Crippen molar-refractivity contribution in [2.24, 2.45) is 0 Å². The van der Waals surface area contributed by atoms with Crippen molar-refractivity contribution in [3.05, 3.63) is 56.5 Å². The quantitative estimate of drug-likeness (QED) is 0.758. The van der Waals surface area contributed by atoms with E-state index in [-0.39, 0.29) is 4.90 Å². The van der Waals surface area contributed by atoms with E-state index in [1.54, 1.807) is 13.0 Å². The molecule has 0 saturated carbocycles. The zero-order chi connectivity index (χ0) is 15.8. The summed E-state index contributed by atoms with van der Waals surface area (Å²) in [5.74, 6) is -1.60. The summed E-state index contributed by atoms with van der Waals surface area (Å²) >= 11 is 6.39. The van der Waals surface area contributed by atoms with Gasteiger partial charge >= 0.3 is 0 Å². The van der Waals surface area contributed by atoms with Crippen LogP contribution in [-0.2, 0) is 10.0 Å². The second-order valence-electron chi connectivity index (χ2n) is 4.26. The number of rotatable bonds is 3. The molecule has 112 valence electrons. The Balaban J connectivity index is 2.48. The van der Waals surface area contributed by atoms with Gasteiger partial charge in [-0.25, -0.2) is 17.2 Å². The SMILES string of the molecule is Cc1cc(Br)c(S(=O)(=O)Nc2cc(F)ccc2F)cc1Br. The molecule has 0 amide bonds. The number of hydrogen-bond donors (Lipinski definition) is 1. The molecule has 2 rings (SSSR count). The van der Waals surface area contributed by atoms with Crippen molar-refractivity contribution < 1.29 is 17.2 Å². The molecule has 0 bridgehead atoms. The van der Waals surface area contributed by atoms with E-state index in [9.17, 15) is 17.2 Å². The van der Waals surface area contributed by atoms with Crippen LogP contribution in [0.4, 0.5) is 14.5 Å². The van der Waals surface area contributed by atoms with Gasteiger partial charge in [0.15, 0.2) is 0 Å². The third kappa shape index (κ3) is 3.61. The highest BCUT2D eigenvalue weighted by Gasteiger charge is 2.21. The first-order valence-corrected chi connectivity index (χ1v) is 8.71. The third-order valence-electron chi connectivity index (χ3n) is 2.68. The lowest BCUT2D eigenvalue weighted by Gasteiger charge is -2.12. The van der Waals surface area contributed by atoms with Crippen LogP contribution < -0.4 is 4.72 Å². The van der Waals surface area contributed by atoms with Crippen molar-refractivity contribution >= 4 is 47.6 Å². The fraction of sp³-hybridized carbons (Fsp3) is 0.0769. The van der Waals surface area contributed by atoms with Gasteiger partial charge in [0.05, 0.1) is 5.69 Å². The van der Waals surface area contributed by atoms with E-state index in [1.165, 1.54) is 6.07 Å². The number of hydrogen-bond acceptors (Lipinski definition) is 2. The lowest BCUT2D eigenvalue weighted by atomic mass is 10.2. The number of anilines is 1. The number of benzene rings is 2. The predicted molar refractivity (Wildman–Crippen MR) is 83.7 cm³/mol. The summed E-state index contributed by atoms with van der Waals surface area (Å²) < 4.78 is 54.2. The lowest BCUT2D eigenvalue weighted by molar-refractivity contribution is 0.594. The maximum atomic E-state index is 13.5. The minimum atomic E-state index is -4.06. The van der Waals surface area contributed by atoms with E-state index < -0.39 is 27.3 Å². The van der Waals surface area contributed by atoms with Gasteiger partial charge in [-0.3, -0.25) is 4.72 Å². The van der Waals surface area contributed by atoms with Crippen molar-refractivity contribution in [1.29, 1.82) is 0 Å². The molecule has 0 atom stereocenters. The largest absolute Gasteiger partial charge is 0.277 e. The Bertz CT molecular complexity index is 810. The second-order valence-corrected chi connectivity index (χ2v) is 7.62. The molecule has 0 fully saturated rings. The van der Waals surface area contributed by atoms with Crippen LogP contribution in [0.1, 0.15) is 5.56 Å². The van der Waals surface area contributed by atoms with E-state index >= 15 is 0 Å². The Kier molecular flexibility index (Phi) is 4.69. The molecule has 0 heterocycles. The standard InChI is InChI=1S/C13H9Br2F2NO2S/c1-7-4-10(15)13(6-9(7)14)21(19,20)18-12-5-8(16)2-3-11(12)17/h2-6,18H,1H3. The number of halogens is 4. The van der Waals surface area contributed by atoms with E-state index in [4.69, 9.17) is 0 Å². The average Bonchev–Trinajstić information content (AvgIpc) is 2.37. The monoisotopic (exact) mass is 439 g/mol. The zero-order valence-electron chi connectivity index (χ0n) is 10.6. The molecule has 0 saturated heterocycles. The summed E-state index contributed by atoms with van der Waals surface area (Å²) in [7, 11) is -4.06. The Hall–Kier alpha value is -0.990. The number of aryl methyl sites for hydroxylation is 1. The van der Waals surface area contributed by atoms with Gasteiger partial charge in [-0.05, 0) is 52.7 Å². The predicted octanol–water partition coefficient (Wildman–Crippen LogP) is 4.60. The highest BCUT2D eigenvalue weighted by atomic mass is 79.9. The van der Waals surface area contributed by atoms with Crippen LogP contribution in [-0.4, -0.2) is 8.42 Å². The minimum Gasteiger partial charge on any atom is -0.277 e. The van der Waals surface area contributed by atoms with Gasteiger partial charge in [0.1, 0.15) is 16.5 Å². The molecule has 0 aromatic heterocycles. The maximum Gasteiger partial charge on any atom is 0.263 e. The van der Waals surface area contributed by atoms with Crippen LogP contribution in [0.3, 0.4) is 0 Å². The Labute approximate surface area is 137 Å². The topological polar surface area (TPSA) is 46.2 Å². The summed E-state index contributed by atoms with van der Waals surface area (Å²) in [6.07, 6.45) is 0. The molecule has 2 aromatic rings. The van der Waals surface area contributed by atoms with Gasteiger partial charge in [0, 0.05) is 15.0 Å². The fourth-order valence-corrected chi connectivity index (χ4v) is 4.35. The molecule has 0 unspecified atom stereocenters. The van der Waals surface area contributed by atoms with E-state index in [1.807, 2.05) is 4.72 Å². The van der Waals surface area contributed by atoms with Gasteiger partial charge in [-0.15, -0.1) is 0 Å². The van der Waals surface area contributed by atoms with Gasteiger partial charge in [0.2, 0.25) is 0 Å². The molecule has 21 heavy (non-hydrogen) atoms. The van der Waals surface area contributed by atoms with Crippen LogP contribution in [0.2, 0.25) is 0 Å². The van der Waals surface area contributed by atoms with E-state index in [0.717, 1.165) is 23.8 Å². The molecular weight excluding hydrogens is 432 g/mol. The molecule has 0 spiro atoms. The molecule has 0 aliphatic carbocycles. The Morgan fingerprint density at radius 3 is 2.38 bits per heavy atom. The second kappa shape index (κ2) is 6.02. The fourth-order valence-electron chi connectivity index (χ4n) is 1.61. The van der Waals surface area contributed by atoms with Crippen LogP contribution in [0.5, 0.6) is 0 Å². The molecule has 0 radical (unpaired) electrons. The van der Waals surface area contributed by atoms with Gasteiger partial charge in [0.25, 0.3) is 10.0 Å². The van der Waals surface area contributed by atoms with Crippen molar-refractivity contribution in [3.63, 3.8) is 0 Å². The summed E-state index contributed by atoms with van der Waals surface area (Å²) in [6, 6.07) is 5.54. The highest BCUT2D eigenvalue weighted by molar-refractivity contribution is 9.11. The summed E-state index contributed by atoms with van der Waals surface area (Å²) in [4.78, 5) is -0.0800. The van der Waals surface area contributed by atoms with Crippen LogP contribution in [0, 0.1) is 18.6 Å². The smallest absolute Gasteiger partial charge is 0.263 e.